The fourth-order valence-electron chi connectivity index (χ4n) is 2.48. The molecule has 0 unspecified atom stereocenters. The Labute approximate surface area is 125 Å². The molecule has 1 aromatic heterocycles. The Bertz CT molecular complexity index is 652. The largest absolute Gasteiger partial charge is 0.545 e. The Morgan fingerprint density at radius 3 is 2.10 bits per heavy atom. The first-order valence-corrected chi connectivity index (χ1v) is 7.24. The van der Waals surface area contributed by atoms with Crippen LogP contribution in [0.3, 0.4) is 0 Å². The van der Waals surface area contributed by atoms with Crippen LogP contribution in [0.5, 0.6) is 0 Å². The summed E-state index contributed by atoms with van der Waals surface area (Å²) in [5, 5.41) is 16.1. The van der Waals surface area contributed by atoms with Crippen molar-refractivity contribution in [1.29, 1.82) is 0 Å². The van der Waals surface area contributed by atoms with Gasteiger partial charge in [-0.15, -0.1) is 0 Å². The summed E-state index contributed by atoms with van der Waals surface area (Å²) in [4.78, 5) is 11.6. The zero-order chi connectivity index (χ0) is 15.7. The zero-order valence-corrected chi connectivity index (χ0v) is 13.2. The van der Waals surface area contributed by atoms with E-state index in [9.17, 15) is 9.90 Å². The van der Waals surface area contributed by atoms with Gasteiger partial charge in [-0.25, -0.2) is 4.68 Å². The monoisotopic (exact) mass is 285 g/mol. The van der Waals surface area contributed by atoms with Gasteiger partial charge in [-0.2, -0.15) is 5.10 Å². The minimum atomic E-state index is -1.15. The van der Waals surface area contributed by atoms with E-state index >= 15 is 0 Å². The molecular formula is C17H21N2O2-. The van der Waals surface area contributed by atoms with Crippen LogP contribution in [-0.2, 0) is 0 Å². The number of nitrogens with zero attached hydrogens (tertiary/aromatic N) is 2. The topological polar surface area (TPSA) is 58.0 Å². The number of rotatable bonds is 4. The van der Waals surface area contributed by atoms with Crippen LogP contribution in [0.4, 0.5) is 0 Å². The van der Waals surface area contributed by atoms with Crippen molar-refractivity contribution in [3.63, 3.8) is 0 Å². The van der Waals surface area contributed by atoms with Gasteiger partial charge < -0.3 is 9.90 Å². The minimum absolute atomic E-state index is 0.0297. The van der Waals surface area contributed by atoms with Gasteiger partial charge in [0.1, 0.15) is 0 Å². The number of carbonyl (C=O) groups is 1. The summed E-state index contributed by atoms with van der Waals surface area (Å²) in [6.07, 6.45) is 0. The molecule has 2 rings (SSSR count). The molecule has 0 aliphatic heterocycles. The van der Waals surface area contributed by atoms with Crippen molar-refractivity contribution in [2.24, 2.45) is 0 Å². The second-order valence-corrected chi connectivity index (χ2v) is 5.99. The van der Waals surface area contributed by atoms with Crippen molar-refractivity contribution in [3.05, 3.63) is 46.8 Å². The van der Waals surface area contributed by atoms with Gasteiger partial charge >= 0.3 is 0 Å². The molecule has 0 aliphatic carbocycles. The number of hydrogen-bond donors (Lipinski definition) is 0. The predicted octanol–water partition coefficient (Wildman–Crippen LogP) is 2.79. The van der Waals surface area contributed by atoms with Gasteiger partial charge in [0.25, 0.3) is 0 Å². The fraction of sp³-hybridized carbons (Fsp3) is 0.412. The van der Waals surface area contributed by atoms with Crippen LogP contribution in [0.25, 0.3) is 5.69 Å². The van der Waals surface area contributed by atoms with Crippen molar-refractivity contribution >= 4 is 5.97 Å². The van der Waals surface area contributed by atoms with Crippen molar-refractivity contribution < 1.29 is 9.90 Å². The van der Waals surface area contributed by atoms with E-state index in [1.54, 1.807) is 4.68 Å². The van der Waals surface area contributed by atoms with Crippen LogP contribution >= 0.6 is 0 Å². The number of carboxylic acids is 1. The molecule has 0 spiro atoms. The van der Waals surface area contributed by atoms with E-state index in [1.807, 2.05) is 58.9 Å². The van der Waals surface area contributed by atoms with Gasteiger partial charge in [0, 0.05) is 5.56 Å². The minimum Gasteiger partial charge on any atom is -0.545 e. The quantitative estimate of drug-likeness (QED) is 0.868. The molecule has 1 aromatic carbocycles. The third-order valence-electron chi connectivity index (χ3n) is 3.52. The molecule has 0 fully saturated rings. The summed E-state index contributed by atoms with van der Waals surface area (Å²) in [6.45, 7) is 9.84. The summed E-state index contributed by atoms with van der Waals surface area (Å²) in [7, 11) is 0. The first-order valence-electron chi connectivity index (χ1n) is 7.24. The maximum atomic E-state index is 11.6. The van der Waals surface area contributed by atoms with Crippen LogP contribution in [0.1, 0.15) is 66.8 Å². The number of carbonyl (C=O) groups excluding carboxylic acids is 1. The first kappa shape index (κ1) is 15.3. The summed E-state index contributed by atoms with van der Waals surface area (Å²) in [5.41, 5.74) is 3.54. The van der Waals surface area contributed by atoms with Gasteiger partial charge in [-0.1, -0.05) is 45.4 Å². The van der Waals surface area contributed by atoms with Crippen molar-refractivity contribution in [2.45, 2.75) is 46.5 Å². The van der Waals surface area contributed by atoms with Crippen molar-refractivity contribution in [1.82, 2.24) is 9.78 Å². The molecule has 0 aliphatic rings. The van der Waals surface area contributed by atoms with E-state index in [1.165, 1.54) is 0 Å². The number of aromatic nitrogens is 2. The van der Waals surface area contributed by atoms with Gasteiger partial charge in [0.15, 0.2) is 0 Å². The Morgan fingerprint density at radius 1 is 1.10 bits per heavy atom. The number of hydrogen-bond acceptors (Lipinski definition) is 3. The molecule has 4 nitrogen and oxygen atoms in total. The molecule has 2 aromatic rings. The highest BCUT2D eigenvalue weighted by Gasteiger charge is 2.23. The lowest BCUT2D eigenvalue weighted by molar-refractivity contribution is -0.255. The van der Waals surface area contributed by atoms with Gasteiger partial charge in [0.05, 0.1) is 23.0 Å². The smallest absolute Gasteiger partial charge is 0.0752 e. The van der Waals surface area contributed by atoms with Crippen LogP contribution in [0.15, 0.2) is 24.3 Å². The molecule has 0 atom stereocenters. The third kappa shape index (κ3) is 2.84. The average Bonchev–Trinajstić information content (AvgIpc) is 2.80. The molecular weight excluding hydrogens is 264 g/mol. The Kier molecular flexibility index (Phi) is 4.16. The summed E-state index contributed by atoms with van der Waals surface area (Å²) < 4.78 is 1.74. The molecule has 0 saturated heterocycles. The van der Waals surface area contributed by atoms with Crippen LogP contribution < -0.4 is 5.11 Å². The maximum Gasteiger partial charge on any atom is 0.0752 e. The lowest BCUT2D eigenvalue weighted by atomic mass is 9.99. The van der Waals surface area contributed by atoms with Crippen LogP contribution in [0, 0.1) is 6.92 Å². The Morgan fingerprint density at radius 2 is 1.67 bits per heavy atom. The molecule has 112 valence electrons. The standard InChI is InChI=1S/C17H22N2O2/c1-10(2)15-14(17(20)21)16(11(3)4)19(18-15)13-8-6-12(5)7-9-13/h6-11H,1-5H3,(H,20,21)/p-1. The molecule has 0 amide bonds. The van der Waals surface area contributed by atoms with E-state index in [0.717, 1.165) is 11.3 Å². The summed E-state index contributed by atoms with van der Waals surface area (Å²) in [6, 6.07) is 7.90. The first-order chi connectivity index (χ1) is 9.82. The number of benzene rings is 1. The second-order valence-electron chi connectivity index (χ2n) is 5.99. The molecule has 4 heteroatoms. The SMILES string of the molecule is Cc1ccc(-n2nc(C(C)C)c(C(=O)[O-])c2C(C)C)cc1. The van der Waals surface area contributed by atoms with Gasteiger partial charge in [-0.05, 0) is 30.9 Å². The fourth-order valence-corrected chi connectivity index (χ4v) is 2.48. The Balaban J connectivity index is 2.73. The van der Waals surface area contributed by atoms with E-state index in [0.29, 0.717) is 11.4 Å². The number of aromatic carboxylic acids is 1. The second kappa shape index (κ2) is 5.72. The average molecular weight is 285 g/mol. The normalized spacial score (nSPS) is 11.4. The summed E-state index contributed by atoms with van der Waals surface area (Å²) in [5.74, 6) is -1.08. The van der Waals surface area contributed by atoms with Crippen LogP contribution in [-0.4, -0.2) is 15.7 Å². The molecule has 0 N–H and O–H groups in total. The highest BCUT2D eigenvalue weighted by Crippen LogP contribution is 2.29. The molecule has 21 heavy (non-hydrogen) atoms. The van der Waals surface area contributed by atoms with Crippen molar-refractivity contribution in [2.75, 3.05) is 0 Å². The van der Waals surface area contributed by atoms with Crippen LogP contribution in [0.2, 0.25) is 0 Å². The molecule has 1 heterocycles. The molecule has 0 radical (unpaired) electrons. The van der Waals surface area contributed by atoms with Gasteiger partial charge in [0.2, 0.25) is 0 Å². The Hall–Kier alpha value is -2.10. The summed E-state index contributed by atoms with van der Waals surface area (Å²) >= 11 is 0. The molecule has 0 bridgehead atoms. The lowest BCUT2D eigenvalue weighted by Crippen LogP contribution is -2.25. The lowest BCUT2D eigenvalue weighted by Gasteiger charge is -2.14. The third-order valence-corrected chi connectivity index (χ3v) is 3.52. The van der Waals surface area contributed by atoms with E-state index in [-0.39, 0.29) is 17.4 Å². The highest BCUT2D eigenvalue weighted by molar-refractivity contribution is 5.89. The zero-order valence-electron chi connectivity index (χ0n) is 13.2. The molecule has 0 saturated carbocycles. The predicted molar refractivity (Wildman–Crippen MR) is 80.8 cm³/mol. The number of aryl methyl sites for hydroxylation is 1. The van der Waals surface area contributed by atoms with E-state index in [4.69, 9.17) is 0 Å². The highest BCUT2D eigenvalue weighted by atomic mass is 16.4. The van der Waals surface area contributed by atoms with E-state index < -0.39 is 5.97 Å². The maximum absolute atomic E-state index is 11.6. The van der Waals surface area contributed by atoms with Crippen molar-refractivity contribution in [3.8, 4) is 5.69 Å². The van der Waals surface area contributed by atoms with Gasteiger partial charge in [-0.3, -0.25) is 0 Å². The number of carboxylic acid groups (broad SMARTS) is 1. The van der Waals surface area contributed by atoms with E-state index in [2.05, 4.69) is 5.10 Å².